The van der Waals surface area contributed by atoms with Crippen LogP contribution in [0.5, 0.6) is 0 Å². The average Bonchev–Trinajstić information content (AvgIpc) is 3.14. The minimum atomic E-state index is 0.741. The van der Waals surface area contributed by atoms with Crippen molar-refractivity contribution in [1.29, 1.82) is 0 Å². The van der Waals surface area contributed by atoms with Gasteiger partial charge in [0.1, 0.15) is 11.3 Å². The quantitative estimate of drug-likeness (QED) is 0.732. The first-order chi connectivity index (χ1) is 10.8. The molecule has 0 amide bonds. The molecule has 2 aromatic heterocycles. The number of benzene rings is 1. The fourth-order valence-corrected chi connectivity index (χ4v) is 4.42. The van der Waals surface area contributed by atoms with E-state index < -0.39 is 0 Å². The minimum absolute atomic E-state index is 0.741. The van der Waals surface area contributed by atoms with E-state index in [2.05, 4.69) is 58.6 Å². The number of pyridine rings is 1. The summed E-state index contributed by atoms with van der Waals surface area (Å²) < 4.78 is 2.24. The summed E-state index contributed by atoms with van der Waals surface area (Å²) in [5.74, 6) is 4.43. The number of hydrogen-bond donors (Lipinski definition) is 0. The highest BCUT2D eigenvalue weighted by Crippen LogP contribution is 2.29. The van der Waals surface area contributed by atoms with Crippen LogP contribution in [0, 0.1) is 12.8 Å². The van der Waals surface area contributed by atoms with Crippen molar-refractivity contribution in [2.24, 2.45) is 5.92 Å². The van der Waals surface area contributed by atoms with Gasteiger partial charge in [-0.05, 0) is 60.6 Å². The number of hydrogen-bond acceptors (Lipinski definition) is 3. The first-order valence-electron chi connectivity index (χ1n) is 7.78. The molecule has 1 saturated heterocycles. The number of rotatable bonds is 3. The molecular weight excluding hydrogens is 290 g/mol. The third-order valence-corrected chi connectivity index (χ3v) is 5.47. The highest BCUT2D eigenvalue weighted by atomic mass is 32.2. The second kappa shape index (κ2) is 5.76. The van der Waals surface area contributed by atoms with Gasteiger partial charge in [-0.3, -0.25) is 4.57 Å². The van der Waals surface area contributed by atoms with Gasteiger partial charge in [0.15, 0.2) is 5.65 Å². The standard InChI is InChI=1S/C18H19N3S/c1-13-4-2-5-15(10-13)21-17(11-14-7-9-22-12-14)20-16-6-3-8-19-18(16)21/h2-6,8,10,14H,7,9,11-12H2,1H3. The highest BCUT2D eigenvalue weighted by Gasteiger charge is 2.21. The number of nitrogens with zero attached hydrogens (tertiary/aromatic N) is 3. The third kappa shape index (κ3) is 2.52. The number of imidazole rings is 1. The van der Waals surface area contributed by atoms with E-state index in [1.54, 1.807) is 0 Å². The van der Waals surface area contributed by atoms with Crippen LogP contribution in [0.3, 0.4) is 0 Å². The van der Waals surface area contributed by atoms with E-state index in [4.69, 9.17) is 4.98 Å². The summed E-state index contributed by atoms with van der Waals surface area (Å²) in [6.07, 6.45) is 4.19. The molecule has 0 radical (unpaired) electrons. The molecule has 1 aliphatic rings. The fraction of sp³-hybridized carbons (Fsp3) is 0.333. The third-order valence-electron chi connectivity index (χ3n) is 4.24. The topological polar surface area (TPSA) is 30.7 Å². The van der Waals surface area contributed by atoms with Crippen molar-refractivity contribution in [3.8, 4) is 5.69 Å². The highest BCUT2D eigenvalue weighted by molar-refractivity contribution is 7.99. The molecule has 3 aromatic rings. The maximum Gasteiger partial charge on any atom is 0.164 e. The molecule has 1 aliphatic heterocycles. The molecule has 112 valence electrons. The molecule has 0 spiro atoms. The molecule has 0 aliphatic carbocycles. The number of aromatic nitrogens is 3. The van der Waals surface area contributed by atoms with Crippen molar-refractivity contribution in [3.05, 3.63) is 54.0 Å². The average molecular weight is 309 g/mol. The van der Waals surface area contributed by atoms with E-state index in [0.717, 1.165) is 29.3 Å². The monoisotopic (exact) mass is 309 g/mol. The maximum atomic E-state index is 4.87. The van der Waals surface area contributed by atoms with Crippen LogP contribution in [-0.4, -0.2) is 26.0 Å². The molecule has 0 saturated carbocycles. The van der Waals surface area contributed by atoms with Gasteiger partial charge in [0.05, 0.1) is 0 Å². The Balaban J connectivity index is 1.85. The van der Waals surface area contributed by atoms with Crippen LogP contribution in [0.15, 0.2) is 42.6 Å². The first kappa shape index (κ1) is 13.8. The Hall–Kier alpha value is -1.81. The number of fused-ring (bicyclic) bond motifs is 1. The Kier molecular flexibility index (Phi) is 3.62. The molecule has 1 atom stereocenters. The summed E-state index contributed by atoms with van der Waals surface area (Å²) >= 11 is 2.06. The zero-order chi connectivity index (χ0) is 14.9. The number of thioether (sulfide) groups is 1. The Morgan fingerprint density at radius 1 is 1.27 bits per heavy atom. The van der Waals surface area contributed by atoms with Crippen LogP contribution >= 0.6 is 11.8 Å². The molecule has 4 rings (SSSR count). The smallest absolute Gasteiger partial charge is 0.164 e. The molecule has 1 fully saturated rings. The van der Waals surface area contributed by atoms with Gasteiger partial charge in [-0.25, -0.2) is 9.97 Å². The second-order valence-corrected chi connectivity index (χ2v) is 7.13. The Bertz CT molecular complexity index is 803. The van der Waals surface area contributed by atoms with Crippen molar-refractivity contribution in [2.45, 2.75) is 19.8 Å². The summed E-state index contributed by atoms with van der Waals surface area (Å²) in [5.41, 5.74) is 4.39. The summed E-state index contributed by atoms with van der Waals surface area (Å²) in [5, 5.41) is 0. The van der Waals surface area contributed by atoms with Crippen LogP contribution in [-0.2, 0) is 6.42 Å². The summed E-state index contributed by atoms with van der Waals surface area (Å²) in [6.45, 7) is 2.13. The fourth-order valence-electron chi connectivity index (χ4n) is 3.14. The van der Waals surface area contributed by atoms with Gasteiger partial charge in [0.25, 0.3) is 0 Å². The van der Waals surface area contributed by atoms with E-state index in [1.165, 1.54) is 29.2 Å². The lowest BCUT2D eigenvalue weighted by atomic mass is 10.0. The zero-order valence-corrected chi connectivity index (χ0v) is 13.5. The van der Waals surface area contributed by atoms with Crippen molar-refractivity contribution in [1.82, 2.24) is 14.5 Å². The molecule has 0 N–H and O–H groups in total. The molecule has 3 heterocycles. The molecule has 1 aromatic carbocycles. The summed E-state index contributed by atoms with van der Waals surface area (Å²) in [7, 11) is 0. The Morgan fingerprint density at radius 2 is 2.23 bits per heavy atom. The number of aryl methyl sites for hydroxylation is 1. The lowest BCUT2D eigenvalue weighted by molar-refractivity contribution is 0.572. The molecular formula is C18H19N3S. The van der Waals surface area contributed by atoms with E-state index in [1.807, 2.05) is 12.3 Å². The van der Waals surface area contributed by atoms with Gasteiger partial charge in [-0.1, -0.05) is 12.1 Å². The van der Waals surface area contributed by atoms with Gasteiger partial charge in [-0.15, -0.1) is 0 Å². The van der Waals surface area contributed by atoms with E-state index in [0.29, 0.717) is 0 Å². The van der Waals surface area contributed by atoms with E-state index in [-0.39, 0.29) is 0 Å². The Morgan fingerprint density at radius 3 is 3.05 bits per heavy atom. The lowest BCUT2D eigenvalue weighted by Gasteiger charge is -2.12. The van der Waals surface area contributed by atoms with Crippen LogP contribution in [0.25, 0.3) is 16.9 Å². The predicted molar refractivity (Wildman–Crippen MR) is 92.7 cm³/mol. The van der Waals surface area contributed by atoms with Crippen LogP contribution < -0.4 is 0 Å². The zero-order valence-electron chi connectivity index (χ0n) is 12.7. The SMILES string of the molecule is Cc1cccc(-n2c(CC3CCSC3)nc3cccnc32)c1. The normalized spacial score (nSPS) is 18.1. The van der Waals surface area contributed by atoms with Gasteiger partial charge in [-0.2, -0.15) is 11.8 Å². The lowest BCUT2D eigenvalue weighted by Crippen LogP contribution is -2.09. The molecule has 4 heteroatoms. The van der Waals surface area contributed by atoms with Crippen LogP contribution in [0.2, 0.25) is 0 Å². The first-order valence-corrected chi connectivity index (χ1v) is 8.94. The molecule has 0 bridgehead atoms. The van der Waals surface area contributed by atoms with Crippen LogP contribution in [0.4, 0.5) is 0 Å². The minimum Gasteiger partial charge on any atom is -0.281 e. The van der Waals surface area contributed by atoms with Crippen molar-refractivity contribution in [3.63, 3.8) is 0 Å². The van der Waals surface area contributed by atoms with E-state index in [9.17, 15) is 0 Å². The van der Waals surface area contributed by atoms with E-state index >= 15 is 0 Å². The predicted octanol–water partition coefficient (Wildman–Crippen LogP) is 4.02. The summed E-state index contributed by atoms with van der Waals surface area (Å²) in [4.78, 5) is 9.45. The van der Waals surface area contributed by atoms with Crippen molar-refractivity contribution < 1.29 is 0 Å². The van der Waals surface area contributed by atoms with Crippen LogP contribution in [0.1, 0.15) is 17.8 Å². The van der Waals surface area contributed by atoms with Gasteiger partial charge in [0.2, 0.25) is 0 Å². The molecule has 1 unspecified atom stereocenters. The second-order valence-electron chi connectivity index (χ2n) is 5.98. The molecule has 22 heavy (non-hydrogen) atoms. The van der Waals surface area contributed by atoms with Gasteiger partial charge in [0, 0.05) is 18.3 Å². The largest absolute Gasteiger partial charge is 0.281 e. The van der Waals surface area contributed by atoms with Crippen molar-refractivity contribution >= 4 is 22.9 Å². The molecule has 3 nitrogen and oxygen atoms in total. The maximum absolute atomic E-state index is 4.87. The van der Waals surface area contributed by atoms with Crippen molar-refractivity contribution in [2.75, 3.05) is 11.5 Å². The van der Waals surface area contributed by atoms with Gasteiger partial charge >= 0.3 is 0 Å². The summed E-state index contributed by atoms with van der Waals surface area (Å²) in [6, 6.07) is 12.6. The van der Waals surface area contributed by atoms with Gasteiger partial charge < -0.3 is 0 Å². The Labute approximate surface area is 134 Å².